The molecule has 0 spiro atoms. The van der Waals surface area contributed by atoms with Crippen molar-refractivity contribution >= 4 is 29.3 Å². The number of nitrogen functional groups attached to an aromatic ring is 1. The van der Waals surface area contributed by atoms with Crippen LogP contribution in [0.1, 0.15) is 30.5 Å². The van der Waals surface area contributed by atoms with Crippen LogP contribution in [-0.4, -0.2) is 26.9 Å². The first-order chi connectivity index (χ1) is 10.5. The SMILES string of the molecule is CCC(C(=O)Nc1ccc(C)cc1C)n1c(N)nnc1SC. The molecule has 1 aromatic heterocycles. The lowest BCUT2D eigenvalue weighted by atomic mass is 10.1. The van der Waals surface area contributed by atoms with Crippen molar-refractivity contribution in [2.24, 2.45) is 0 Å². The van der Waals surface area contributed by atoms with E-state index in [4.69, 9.17) is 5.73 Å². The van der Waals surface area contributed by atoms with Crippen LogP contribution in [0.2, 0.25) is 0 Å². The molecule has 1 unspecified atom stereocenters. The lowest BCUT2D eigenvalue weighted by molar-refractivity contribution is -0.119. The van der Waals surface area contributed by atoms with Gasteiger partial charge in [-0.3, -0.25) is 9.36 Å². The molecule has 118 valence electrons. The minimum absolute atomic E-state index is 0.115. The van der Waals surface area contributed by atoms with Crippen molar-refractivity contribution in [2.75, 3.05) is 17.3 Å². The Bertz CT molecular complexity index is 683. The molecule has 22 heavy (non-hydrogen) atoms. The molecule has 0 aliphatic heterocycles. The van der Waals surface area contributed by atoms with E-state index >= 15 is 0 Å². The third-order valence-electron chi connectivity index (χ3n) is 3.51. The largest absolute Gasteiger partial charge is 0.368 e. The molecule has 6 nitrogen and oxygen atoms in total. The van der Waals surface area contributed by atoms with Crippen molar-refractivity contribution in [1.82, 2.24) is 14.8 Å². The first-order valence-corrected chi connectivity index (χ1v) is 8.32. The quantitative estimate of drug-likeness (QED) is 0.828. The lowest BCUT2D eigenvalue weighted by Gasteiger charge is -2.19. The number of thioether (sulfide) groups is 1. The number of aromatic nitrogens is 3. The van der Waals surface area contributed by atoms with Crippen LogP contribution in [0.3, 0.4) is 0 Å². The Kier molecular flexibility index (Phi) is 5.07. The van der Waals surface area contributed by atoms with Crippen molar-refractivity contribution in [3.05, 3.63) is 29.3 Å². The van der Waals surface area contributed by atoms with Crippen LogP contribution >= 0.6 is 11.8 Å². The number of hydrogen-bond acceptors (Lipinski definition) is 5. The summed E-state index contributed by atoms with van der Waals surface area (Å²) < 4.78 is 1.68. The molecule has 0 saturated carbocycles. The van der Waals surface area contributed by atoms with Gasteiger partial charge in [-0.25, -0.2) is 0 Å². The zero-order chi connectivity index (χ0) is 16.3. The van der Waals surface area contributed by atoms with Gasteiger partial charge in [0.05, 0.1) is 0 Å². The van der Waals surface area contributed by atoms with Crippen LogP contribution in [0.4, 0.5) is 11.6 Å². The molecule has 0 aliphatic carbocycles. The maximum atomic E-state index is 12.6. The van der Waals surface area contributed by atoms with Crippen LogP contribution in [0.5, 0.6) is 0 Å². The van der Waals surface area contributed by atoms with Gasteiger partial charge in [-0.2, -0.15) is 0 Å². The van der Waals surface area contributed by atoms with E-state index in [1.165, 1.54) is 11.8 Å². The van der Waals surface area contributed by atoms with Gasteiger partial charge in [0, 0.05) is 5.69 Å². The third-order valence-corrected chi connectivity index (χ3v) is 4.16. The molecule has 1 aromatic carbocycles. The maximum absolute atomic E-state index is 12.6. The highest BCUT2D eigenvalue weighted by Crippen LogP contribution is 2.25. The smallest absolute Gasteiger partial charge is 0.247 e. The summed E-state index contributed by atoms with van der Waals surface area (Å²) in [5.41, 5.74) is 8.88. The summed E-state index contributed by atoms with van der Waals surface area (Å²) in [6.07, 6.45) is 2.49. The second-order valence-corrected chi connectivity index (χ2v) is 5.92. The highest BCUT2D eigenvalue weighted by Gasteiger charge is 2.24. The van der Waals surface area contributed by atoms with Crippen molar-refractivity contribution in [1.29, 1.82) is 0 Å². The molecule has 7 heteroatoms. The van der Waals surface area contributed by atoms with Gasteiger partial charge in [0.1, 0.15) is 6.04 Å². The predicted molar refractivity (Wildman–Crippen MR) is 90.1 cm³/mol. The number of nitrogens with one attached hydrogen (secondary N) is 1. The normalized spacial score (nSPS) is 12.2. The minimum atomic E-state index is -0.432. The molecule has 0 radical (unpaired) electrons. The number of carbonyl (C=O) groups excluding carboxylic acids is 1. The number of nitrogens with zero attached hydrogens (tertiary/aromatic N) is 3. The topological polar surface area (TPSA) is 85.8 Å². The molecule has 2 aromatic rings. The second kappa shape index (κ2) is 6.83. The van der Waals surface area contributed by atoms with Crippen LogP contribution in [0.25, 0.3) is 0 Å². The Morgan fingerprint density at radius 2 is 2.14 bits per heavy atom. The fourth-order valence-electron chi connectivity index (χ4n) is 2.38. The first kappa shape index (κ1) is 16.4. The summed E-state index contributed by atoms with van der Waals surface area (Å²) in [6.45, 7) is 5.94. The second-order valence-electron chi connectivity index (χ2n) is 5.15. The monoisotopic (exact) mass is 319 g/mol. The van der Waals surface area contributed by atoms with E-state index in [1.807, 2.05) is 45.2 Å². The molecule has 1 heterocycles. The highest BCUT2D eigenvalue weighted by molar-refractivity contribution is 7.98. The highest BCUT2D eigenvalue weighted by atomic mass is 32.2. The van der Waals surface area contributed by atoms with Gasteiger partial charge in [-0.1, -0.05) is 36.4 Å². The summed E-state index contributed by atoms with van der Waals surface area (Å²) in [4.78, 5) is 12.6. The van der Waals surface area contributed by atoms with E-state index in [0.29, 0.717) is 11.6 Å². The molecule has 3 N–H and O–H groups in total. The first-order valence-electron chi connectivity index (χ1n) is 7.10. The molecule has 1 atom stereocenters. The van der Waals surface area contributed by atoms with E-state index in [2.05, 4.69) is 15.5 Å². The Labute approximate surface area is 134 Å². The van der Waals surface area contributed by atoms with Crippen LogP contribution in [0.15, 0.2) is 23.4 Å². The number of nitrogens with two attached hydrogens (primary N) is 1. The van der Waals surface area contributed by atoms with E-state index in [0.717, 1.165) is 16.8 Å². The van der Waals surface area contributed by atoms with Crippen LogP contribution < -0.4 is 11.1 Å². The number of carbonyl (C=O) groups is 1. The fourth-order valence-corrected chi connectivity index (χ4v) is 2.92. The van der Waals surface area contributed by atoms with E-state index in [1.54, 1.807) is 4.57 Å². The number of benzene rings is 1. The standard InChI is InChI=1S/C15H21N5OS/c1-5-12(20-14(16)18-19-15(20)22-4)13(21)17-11-7-6-9(2)8-10(11)3/h6-8,12H,5H2,1-4H3,(H2,16,18)(H,17,21). The molecule has 0 aliphatic rings. The maximum Gasteiger partial charge on any atom is 0.247 e. The number of amides is 1. The van der Waals surface area contributed by atoms with Gasteiger partial charge < -0.3 is 11.1 Å². The Morgan fingerprint density at radius 3 is 2.73 bits per heavy atom. The Hall–Kier alpha value is -2.02. The van der Waals surface area contributed by atoms with E-state index < -0.39 is 6.04 Å². The van der Waals surface area contributed by atoms with E-state index in [9.17, 15) is 4.79 Å². The van der Waals surface area contributed by atoms with Crippen molar-refractivity contribution in [3.63, 3.8) is 0 Å². The van der Waals surface area contributed by atoms with E-state index in [-0.39, 0.29) is 11.9 Å². The molecule has 2 rings (SSSR count). The molecular formula is C15H21N5OS. The van der Waals surface area contributed by atoms with Crippen LogP contribution in [-0.2, 0) is 4.79 Å². The zero-order valence-electron chi connectivity index (χ0n) is 13.3. The predicted octanol–water partition coefficient (Wildman–Crippen LogP) is 2.79. The molecule has 1 amide bonds. The average Bonchev–Trinajstić information content (AvgIpc) is 2.84. The fraction of sp³-hybridized carbons (Fsp3) is 0.400. The average molecular weight is 319 g/mol. The van der Waals surface area contributed by atoms with Gasteiger partial charge in [-0.05, 0) is 38.2 Å². The van der Waals surface area contributed by atoms with Gasteiger partial charge in [0.25, 0.3) is 0 Å². The van der Waals surface area contributed by atoms with Crippen LogP contribution in [0, 0.1) is 13.8 Å². The van der Waals surface area contributed by atoms with Crippen molar-refractivity contribution in [3.8, 4) is 0 Å². The van der Waals surface area contributed by atoms with Gasteiger partial charge in [0.2, 0.25) is 11.9 Å². The zero-order valence-corrected chi connectivity index (χ0v) is 14.1. The minimum Gasteiger partial charge on any atom is -0.368 e. The molecule has 0 bridgehead atoms. The summed E-state index contributed by atoms with van der Waals surface area (Å²) in [6, 6.07) is 5.50. The Balaban J connectivity index is 2.27. The summed E-state index contributed by atoms with van der Waals surface area (Å²) >= 11 is 1.42. The number of rotatable bonds is 5. The summed E-state index contributed by atoms with van der Waals surface area (Å²) in [7, 11) is 0. The summed E-state index contributed by atoms with van der Waals surface area (Å²) in [5, 5.41) is 11.5. The number of aryl methyl sites for hydroxylation is 2. The van der Waals surface area contributed by atoms with Gasteiger partial charge >= 0.3 is 0 Å². The summed E-state index contributed by atoms with van der Waals surface area (Å²) in [5.74, 6) is 0.142. The number of hydrogen-bond donors (Lipinski definition) is 2. The van der Waals surface area contributed by atoms with Crippen molar-refractivity contribution in [2.45, 2.75) is 38.4 Å². The lowest BCUT2D eigenvalue weighted by Crippen LogP contribution is -2.27. The van der Waals surface area contributed by atoms with Gasteiger partial charge in [0.15, 0.2) is 5.16 Å². The van der Waals surface area contributed by atoms with Gasteiger partial charge in [-0.15, -0.1) is 10.2 Å². The van der Waals surface area contributed by atoms with Crippen molar-refractivity contribution < 1.29 is 4.79 Å². The molecule has 0 saturated heterocycles. The molecular weight excluding hydrogens is 298 g/mol. The molecule has 0 fully saturated rings. The number of anilines is 2. The third kappa shape index (κ3) is 3.24. The Morgan fingerprint density at radius 1 is 1.41 bits per heavy atom.